The van der Waals surface area contributed by atoms with Crippen LogP contribution in [0.25, 0.3) is 0 Å². The second-order valence-corrected chi connectivity index (χ2v) is 4.18. The number of halogens is 3. The van der Waals surface area contributed by atoms with Gasteiger partial charge in [0, 0.05) is 19.6 Å². The van der Waals surface area contributed by atoms with Gasteiger partial charge in [-0.15, -0.1) is 0 Å². The first-order valence-corrected chi connectivity index (χ1v) is 5.62. The minimum atomic E-state index is -4.20. The lowest BCUT2D eigenvalue weighted by atomic mass is 9.96. The zero-order chi connectivity index (χ0) is 13.8. The van der Waals surface area contributed by atoms with E-state index in [1.165, 1.54) is 4.90 Å². The van der Waals surface area contributed by atoms with Crippen LogP contribution in [0.3, 0.4) is 0 Å². The number of urea groups is 1. The Morgan fingerprint density at radius 2 is 1.83 bits per heavy atom. The fourth-order valence-electron chi connectivity index (χ4n) is 1.80. The lowest BCUT2D eigenvalue weighted by Crippen LogP contribution is -2.46. The lowest BCUT2D eigenvalue weighted by Gasteiger charge is -2.32. The molecule has 1 aliphatic heterocycles. The molecule has 0 bridgehead atoms. The second kappa shape index (κ2) is 5.92. The maximum Gasteiger partial charge on any atom is 0.391 e. The van der Waals surface area contributed by atoms with Crippen molar-refractivity contribution in [3.63, 3.8) is 0 Å². The molecule has 104 valence electrons. The van der Waals surface area contributed by atoms with E-state index in [4.69, 9.17) is 5.11 Å². The van der Waals surface area contributed by atoms with Crippen molar-refractivity contribution in [2.24, 2.45) is 5.92 Å². The molecule has 8 heteroatoms. The molecule has 0 radical (unpaired) electrons. The summed E-state index contributed by atoms with van der Waals surface area (Å²) in [5, 5.41) is 10.7. The largest absolute Gasteiger partial charge is 0.481 e. The van der Waals surface area contributed by atoms with E-state index in [9.17, 15) is 22.8 Å². The molecular formula is C10H15F3N2O3. The molecule has 1 saturated heterocycles. The predicted molar refractivity (Wildman–Crippen MR) is 56.0 cm³/mol. The van der Waals surface area contributed by atoms with Gasteiger partial charge < -0.3 is 15.3 Å². The normalized spacial score (nSPS) is 17.6. The van der Waals surface area contributed by atoms with Crippen LogP contribution in [0.15, 0.2) is 0 Å². The minimum absolute atomic E-state index is 0.0205. The third-order valence-corrected chi connectivity index (χ3v) is 2.86. The van der Waals surface area contributed by atoms with Crippen molar-refractivity contribution in [2.75, 3.05) is 19.6 Å². The van der Waals surface area contributed by atoms with Gasteiger partial charge in [0.25, 0.3) is 0 Å². The van der Waals surface area contributed by atoms with Gasteiger partial charge in [-0.05, 0) is 12.8 Å². The number of carbonyl (C=O) groups is 2. The van der Waals surface area contributed by atoms with Crippen molar-refractivity contribution >= 4 is 12.0 Å². The summed E-state index contributed by atoms with van der Waals surface area (Å²) in [6.45, 7) is 0.0690. The first kappa shape index (κ1) is 14.6. The van der Waals surface area contributed by atoms with Gasteiger partial charge in [-0.25, -0.2) is 4.79 Å². The molecule has 0 aromatic rings. The number of rotatable bonds is 3. The standard InChI is InChI=1S/C10H15F3N2O3/c11-10(12,13)7-2-5-15(6-3-7)9(18)14-4-1-8(16)17/h7H,1-6H2,(H,14,18)(H,16,17). The number of carbonyl (C=O) groups excluding carboxylic acids is 1. The van der Waals surface area contributed by atoms with Crippen molar-refractivity contribution in [1.29, 1.82) is 0 Å². The Labute approximate surface area is 102 Å². The lowest BCUT2D eigenvalue weighted by molar-refractivity contribution is -0.183. The van der Waals surface area contributed by atoms with Gasteiger partial charge in [-0.3, -0.25) is 4.79 Å². The van der Waals surface area contributed by atoms with E-state index in [0.29, 0.717) is 0 Å². The highest BCUT2D eigenvalue weighted by molar-refractivity contribution is 5.75. The molecule has 1 aliphatic rings. The van der Waals surface area contributed by atoms with Gasteiger partial charge in [-0.2, -0.15) is 13.2 Å². The number of likely N-dealkylation sites (tertiary alicyclic amines) is 1. The highest BCUT2D eigenvalue weighted by Crippen LogP contribution is 2.33. The number of hydrogen-bond acceptors (Lipinski definition) is 2. The molecule has 1 fully saturated rings. The predicted octanol–water partition coefficient (Wildman–Crippen LogP) is 1.45. The first-order chi connectivity index (χ1) is 8.30. The summed E-state index contributed by atoms with van der Waals surface area (Å²) in [5.74, 6) is -2.38. The average Bonchev–Trinajstić information content (AvgIpc) is 2.27. The average molecular weight is 268 g/mol. The Morgan fingerprint density at radius 1 is 1.28 bits per heavy atom. The number of aliphatic carboxylic acids is 1. The molecule has 2 amide bonds. The van der Waals surface area contributed by atoms with Gasteiger partial charge in [0.05, 0.1) is 12.3 Å². The number of alkyl halides is 3. The third kappa shape index (κ3) is 4.42. The summed E-state index contributed by atoms with van der Waals surface area (Å²) in [7, 11) is 0. The van der Waals surface area contributed by atoms with Crippen molar-refractivity contribution in [3.05, 3.63) is 0 Å². The molecule has 0 aromatic carbocycles. The molecule has 1 heterocycles. The van der Waals surface area contributed by atoms with E-state index >= 15 is 0 Å². The Morgan fingerprint density at radius 3 is 2.28 bits per heavy atom. The molecule has 1 rings (SSSR count). The van der Waals surface area contributed by atoms with Gasteiger partial charge >= 0.3 is 18.2 Å². The number of nitrogens with one attached hydrogen (secondary N) is 1. The smallest absolute Gasteiger partial charge is 0.391 e. The minimum Gasteiger partial charge on any atom is -0.481 e. The molecule has 18 heavy (non-hydrogen) atoms. The highest BCUT2D eigenvalue weighted by Gasteiger charge is 2.41. The Balaban J connectivity index is 2.30. The SMILES string of the molecule is O=C(O)CCNC(=O)N1CCC(C(F)(F)F)CC1. The quantitative estimate of drug-likeness (QED) is 0.813. The van der Waals surface area contributed by atoms with Crippen LogP contribution in [-0.2, 0) is 4.79 Å². The van der Waals surface area contributed by atoms with Gasteiger partial charge in [0.15, 0.2) is 0 Å². The summed E-state index contributed by atoms with van der Waals surface area (Å²) in [4.78, 5) is 23.0. The van der Waals surface area contributed by atoms with Crippen LogP contribution < -0.4 is 5.32 Å². The van der Waals surface area contributed by atoms with Crippen LogP contribution in [0.2, 0.25) is 0 Å². The number of carboxylic acid groups (broad SMARTS) is 1. The topological polar surface area (TPSA) is 69.6 Å². The van der Waals surface area contributed by atoms with E-state index in [0.717, 1.165) is 0 Å². The molecule has 0 aliphatic carbocycles. The fraction of sp³-hybridized carbons (Fsp3) is 0.800. The maximum atomic E-state index is 12.4. The first-order valence-electron chi connectivity index (χ1n) is 5.62. The van der Waals surface area contributed by atoms with Crippen LogP contribution in [0.4, 0.5) is 18.0 Å². The van der Waals surface area contributed by atoms with Gasteiger partial charge in [-0.1, -0.05) is 0 Å². The van der Waals surface area contributed by atoms with Crippen LogP contribution in [-0.4, -0.2) is 47.8 Å². The third-order valence-electron chi connectivity index (χ3n) is 2.86. The van der Waals surface area contributed by atoms with E-state index in [1.54, 1.807) is 0 Å². The number of piperidine rings is 1. The Kier molecular flexibility index (Phi) is 4.80. The molecule has 0 aromatic heterocycles. The van der Waals surface area contributed by atoms with E-state index in [2.05, 4.69) is 5.32 Å². The second-order valence-electron chi connectivity index (χ2n) is 4.18. The summed E-state index contributed by atoms with van der Waals surface area (Å²) in [5.41, 5.74) is 0. The highest BCUT2D eigenvalue weighted by atomic mass is 19.4. The molecule has 0 atom stereocenters. The van der Waals surface area contributed by atoms with Crippen LogP contribution >= 0.6 is 0 Å². The van der Waals surface area contributed by atoms with E-state index in [1.807, 2.05) is 0 Å². The molecular weight excluding hydrogens is 253 g/mol. The van der Waals surface area contributed by atoms with Crippen molar-refractivity contribution in [1.82, 2.24) is 10.2 Å². The number of amides is 2. The zero-order valence-corrected chi connectivity index (χ0v) is 9.66. The molecule has 0 spiro atoms. The fourth-order valence-corrected chi connectivity index (χ4v) is 1.80. The summed E-state index contributed by atoms with van der Waals surface area (Å²) in [6.07, 6.45) is -4.61. The summed E-state index contributed by atoms with van der Waals surface area (Å²) < 4.78 is 37.1. The van der Waals surface area contributed by atoms with Crippen LogP contribution in [0, 0.1) is 5.92 Å². The number of nitrogens with zero attached hydrogens (tertiary/aromatic N) is 1. The number of carboxylic acids is 1. The van der Waals surface area contributed by atoms with Crippen LogP contribution in [0.5, 0.6) is 0 Å². The van der Waals surface area contributed by atoms with Crippen LogP contribution in [0.1, 0.15) is 19.3 Å². The van der Waals surface area contributed by atoms with E-state index in [-0.39, 0.29) is 38.9 Å². The van der Waals surface area contributed by atoms with E-state index < -0.39 is 24.1 Å². The number of hydrogen-bond donors (Lipinski definition) is 2. The molecule has 2 N–H and O–H groups in total. The summed E-state index contributed by atoms with van der Waals surface area (Å²) in [6, 6.07) is -0.503. The maximum absolute atomic E-state index is 12.4. The van der Waals surface area contributed by atoms with Crippen molar-refractivity contribution in [2.45, 2.75) is 25.4 Å². The van der Waals surface area contributed by atoms with Crippen molar-refractivity contribution in [3.8, 4) is 0 Å². The Hall–Kier alpha value is -1.47. The van der Waals surface area contributed by atoms with Crippen molar-refractivity contribution < 1.29 is 27.9 Å². The molecule has 5 nitrogen and oxygen atoms in total. The Bertz CT molecular complexity index is 312. The summed E-state index contributed by atoms with van der Waals surface area (Å²) >= 11 is 0. The van der Waals surface area contributed by atoms with Gasteiger partial charge in [0.2, 0.25) is 0 Å². The molecule has 0 unspecified atom stereocenters. The van der Waals surface area contributed by atoms with Gasteiger partial charge in [0.1, 0.15) is 0 Å². The zero-order valence-electron chi connectivity index (χ0n) is 9.66. The molecule has 0 saturated carbocycles. The monoisotopic (exact) mass is 268 g/mol.